The molecule has 0 saturated heterocycles. The zero-order valence-corrected chi connectivity index (χ0v) is 9.84. The van der Waals surface area contributed by atoms with Crippen LogP contribution in [0.15, 0.2) is 18.5 Å². The fourth-order valence-electron chi connectivity index (χ4n) is 1.20. The van der Waals surface area contributed by atoms with E-state index in [1.807, 2.05) is 0 Å². The molecule has 1 rings (SSSR count). The SMILES string of the molecule is OC(CNCCSC(F)(F)F)Cn1cccn1. The van der Waals surface area contributed by atoms with Crippen LogP contribution in [0.2, 0.25) is 0 Å². The highest BCUT2D eigenvalue weighted by Gasteiger charge is 2.27. The maximum absolute atomic E-state index is 11.8. The summed E-state index contributed by atoms with van der Waals surface area (Å²) in [5.41, 5.74) is -4.19. The van der Waals surface area contributed by atoms with Gasteiger partial charge in [0.2, 0.25) is 0 Å². The van der Waals surface area contributed by atoms with Gasteiger partial charge in [0, 0.05) is 31.2 Å². The van der Waals surface area contributed by atoms with Gasteiger partial charge in [-0.2, -0.15) is 18.3 Å². The van der Waals surface area contributed by atoms with Crippen LogP contribution >= 0.6 is 11.8 Å². The van der Waals surface area contributed by atoms with Gasteiger partial charge >= 0.3 is 5.51 Å². The van der Waals surface area contributed by atoms with E-state index >= 15 is 0 Å². The van der Waals surface area contributed by atoms with Gasteiger partial charge in [-0.25, -0.2) is 0 Å². The van der Waals surface area contributed by atoms with E-state index in [1.165, 1.54) is 0 Å². The van der Waals surface area contributed by atoms with E-state index in [-0.39, 0.29) is 30.6 Å². The topological polar surface area (TPSA) is 50.1 Å². The Labute approximate surface area is 101 Å². The minimum absolute atomic E-state index is 0.0575. The molecular weight excluding hydrogens is 255 g/mol. The van der Waals surface area contributed by atoms with Gasteiger partial charge in [0.05, 0.1) is 12.6 Å². The van der Waals surface area contributed by atoms with Crippen molar-refractivity contribution in [3.63, 3.8) is 0 Å². The molecule has 1 unspecified atom stereocenters. The van der Waals surface area contributed by atoms with Crippen molar-refractivity contribution in [1.82, 2.24) is 15.1 Å². The van der Waals surface area contributed by atoms with Gasteiger partial charge in [0.15, 0.2) is 0 Å². The maximum Gasteiger partial charge on any atom is 0.441 e. The quantitative estimate of drug-likeness (QED) is 0.727. The molecule has 0 radical (unpaired) electrons. The highest BCUT2D eigenvalue weighted by molar-refractivity contribution is 8.00. The number of hydrogen-bond acceptors (Lipinski definition) is 4. The lowest BCUT2D eigenvalue weighted by Crippen LogP contribution is -2.32. The van der Waals surface area contributed by atoms with Crippen molar-refractivity contribution in [3.05, 3.63) is 18.5 Å². The van der Waals surface area contributed by atoms with E-state index < -0.39 is 11.6 Å². The van der Waals surface area contributed by atoms with Gasteiger partial charge in [-0.05, 0) is 17.8 Å². The lowest BCUT2D eigenvalue weighted by Gasteiger charge is -2.12. The summed E-state index contributed by atoms with van der Waals surface area (Å²) < 4.78 is 36.9. The van der Waals surface area contributed by atoms with Crippen LogP contribution in [0, 0.1) is 0 Å². The van der Waals surface area contributed by atoms with Crippen molar-refractivity contribution in [1.29, 1.82) is 0 Å². The van der Waals surface area contributed by atoms with Gasteiger partial charge in [-0.1, -0.05) is 0 Å². The minimum Gasteiger partial charge on any atom is -0.390 e. The number of nitrogens with zero attached hydrogens (tertiary/aromatic N) is 2. The summed E-state index contributed by atoms with van der Waals surface area (Å²) in [6.45, 7) is 0.783. The Bertz CT molecular complexity index is 305. The van der Waals surface area contributed by atoms with Crippen molar-refractivity contribution in [2.24, 2.45) is 0 Å². The molecule has 1 aromatic heterocycles. The number of aromatic nitrogens is 2. The fraction of sp³-hybridized carbons (Fsp3) is 0.667. The Hall–Kier alpha value is -0.730. The first kappa shape index (κ1) is 14.3. The van der Waals surface area contributed by atoms with Crippen LogP contribution in [0.1, 0.15) is 0 Å². The molecule has 0 aromatic carbocycles. The normalized spacial score (nSPS) is 13.9. The van der Waals surface area contributed by atoms with Crippen LogP contribution in [-0.2, 0) is 6.54 Å². The molecule has 17 heavy (non-hydrogen) atoms. The number of nitrogens with one attached hydrogen (secondary N) is 1. The second-order valence-corrected chi connectivity index (χ2v) is 4.54. The average Bonchev–Trinajstić information content (AvgIpc) is 2.68. The second-order valence-electron chi connectivity index (χ2n) is 3.38. The number of aliphatic hydroxyl groups excluding tert-OH is 1. The van der Waals surface area contributed by atoms with Crippen LogP contribution in [0.4, 0.5) is 13.2 Å². The van der Waals surface area contributed by atoms with Crippen molar-refractivity contribution in [2.75, 3.05) is 18.8 Å². The molecule has 0 aliphatic carbocycles. The molecule has 4 nitrogen and oxygen atoms in total. The second kappa shape index (κ2) is 6.87. The van der Waals surface area contributed by atoms with Crippen LogP contribution in [0.3, 0.4) is 0 Å². The lowest BCUT2D eigenvalue weighted by molar-refractivity contribution is -0.0327. The Kier molecular flexibility index (Phi) is 5.79. The first-order valence-electron chi connectivity index (χ1n) is 5.04. The smallest absolute Gasteiger partial charge is 0.390 e. The first-order valence-corrected chi connectivity index (χ1v) is 6.03. The summed E-state index contributed by atoms with van der Waals surface area (Å²) in [7, 11) is 0. The Morgan fingerprint density at radius 2 is 2.24 bits per heavy atom. The summed E-state index contributed by atoms with van der Waals surface area (Å²) >= 11 is -0.0711. The number of rotatable bonds is 7. The van der Waals surface area contributed by atoms with Gasteiger partial charge in [0.1, 0.15) is 0 Å². The number of thioether (sulfide) groups is 1. The van der Waals surface area contributed by atoms with Gasteiger partial charge in [-0.15, -0.1) is 0 Å². The molecule has 0 saturated carbocycles. The molecule has 0 spiro atoms. The molecular formula is C9H14F3N3OS. The summed E-state index contributed by atoms with van der Waals surface area (Å²) in [6.07, 6.45) is 2.65. The predicted molar refractivity (Wildman–Crippen MR) is 59.6 cm³/mol. The van der Waals surface area contributed by atoms with E-state index in [0.29, 0.717) is 6.54 Å². The summed E-state index contributed by atoms with van der Waals surface area (Å²) in [5, 5.41) is 16.2. The molecule has 2 N–H and O–H groups in total. The average molecular weight is 269 g/mol. The monoisotopic (exact) mass is 269 g/mol. The molecule has 8 heteroatoms. The molecule has 0 aliphatic rings. The number of aliphatic hydroxyl groups is 1. The Morgan fingerprint density at radius 3 is 2.82 bits per heavy atom. The molecule has 1 heterocycles. The number of alkyl halides is 3. The van der Waals surface area contributed by atoms with Gasteiger partial charge in [-0.3, -0.25) is 4.68 Å². The van der Waals surface area contributed by atoms with Crippen LogP contribution in [0.25, 0.3) is 0 Å². The van der Waals surface area contributed by atoms with Gasteiger partial charge < -0.3 is 10.4 Å². The van der Waals surface area contributed by atoms with Crippen LogP contribution in [0.5, 0.6) is 0 Å². The van der Waals surface area contributed by atoms with Crippen LogP contribution < -0.4 is 5.32 Å². The van der Waals surface area contributed by atoms with E-state index in [0.717, 1.165) is 0 Å². The molecule has 98 valence electrons. The third-order valence-electron chi connectivity index (χ3n) is 1.88. The molecule has 1 atom stereocenters. The summed E-state index contributed by atoms with van der Waals surface area (Å²) in [6, 6.07) is 1.74. The van der Waals surface area contributed by atoms with E-state index in [4.69, 9.17) is 0 Å². The highest BCUT2D eigenvalue weighted by Crippen LogP contribution is 2.29. The van der Waals surface area contributed by atoms with E-state index in [9.17, 15) is 18.3 Å². The highest BCUT2D eigenvalue weighted by atomic mass is 32.2. The molecule has 0 aliphatic heterocycles. The Morgan fingerprint density at radius 1 is 1.47 bits per heavy atom. The van der Waals surface area contributed by atoms with Crippen molar-refractivity contribution in [3.8, 4) is 0 Å². The summed E-state index contributed by atoms with van der Waals surface area (Å²) in [5.74, 6) is -0.0575. The molecule has 0 fully saturated rings. The third-order valence-corrected chi connectivity index (χ3v) is 2.62. The third kappa shape index (κ3) is 7.24. The summed E-state index contributed by atoms with van der Waals surface area (Å²) in [4.78, 5) is 0. The van der Waals surface area contributed by atoms with Crippen molar-refractivity contribution >= 4 is 11.8 Å². The predicted octanol–water partition coefficient (Wildman–Crippen LogP) is 1.09. The van der Waals surface area contributed by atoms with Crippen LogP contribution in [-0.4, -0.2) is 45.3 Å². The van der Waals surface area contributed by atoms with Gasteiger partial charge in [0.25, 0.3) is 0 Å². The maximum atomic E-state index is 11.8. The largest absolute Gasteiger partial charge is 0.441 e. The molecule has 0 amide bonds. The van der Waals surface area contributed by atoms with E-state index in [1.54, 1.807) is 23.1 Å². The molecule has 1 aromatic rings. The standard InChI is InChI=1S/C9H14F3N3OS/c10-9(11,12)17-5-3-13-6-8(16)7-15-4-1-2-14-15/h1-2,4,8,13,16H,3,5-7H2. The zero-order valence-electron chi connectivity index (χ0n) is 9.02. The lowest BCUT2D eigenvalue weighted by atomic mass is 10.3. The zero-order chi connectivity index (χ0) is 12.7. The molecule has 0 bridgehead atoms. The Balaban J connectivity index is 2.03. The van der Waals surface area contributed by atoms with Crippen molar-refractivity contribution in [2.45, 2.75) is 18.2 Å². The first-order chi connectivity index (χ1) is 7.97. The van der Waals surface area contributed by atoms with Crippen molar-refractivity contribution < 1.29 is 18.3 Å². The van der Waals surface area contributed by atoms with E-state index in [2.05, 4.69) is 10.4 Å². The number of halogens is 3. The number of hydrogen-bond donors (Lipinski definition) is 2. The minimum atomic E-state index is -4.19. The fourth-order valence-corrected chi connectivity index (χ4v) is 1.67.